The Hall–Kier alpha value is -2.57. The lowest BCUT2D eigenvalue weighted by Gasteiger charge is -2.01. The van der Waals surface area contributed by atoms with Crippen molar-refractivity contribution < 1.29 is 9.53 Å². The molecule has 7 heteroatoms. The first kappa shape index (κ1) is 11.9. The van der Waals surface area contributed by atoms with Crippen LogP contribution in [0.2, 0.25) is 0 Å². The van der Waals surface area contributed by atoms with Gasteiger partial charge >= 0.3 is 6.09 Å². The molecular formula is C11H13N5O2. The Morgan fingerprint density at radius 1 is 1.44 bits per heavy atom. The normalized spacial score (nSPS) is 10.1. The number of aromatic nitrogens is 3. The molecule has 2 aromatic rings. The van der Waals surface area contributed by atoms with Crippen molar-refractivity contribution in [3.8, 4) is 5.69 Å². The Morgan fingerprint density at radius 3 is 2.83 bits per heavy atom. The summed E-state index contributed by atoms with van der Waals surface area (Å²) in [5, 5.41) is 6.46. The smallest absolute Gasteiger partial charge is 0.414 e. The molecule has 2 rings (SSSR count). The summed E-state index contributed by atoms with van der Waals surface area (Å²) >= 11 is 0. The zero-order valence-corrected chi connectivity index (χ0v) is 9.83. The minimum Gasteiger partial charge on any atom is -0.450 e. The number of rotatable bonds is 3. The second-order valence-electron chi connectivity index (χ2n) is 3.39. The number of carbonyl (C=O) groups is 1. The van der Waals surface area contributed by atoms with E-state index < -0.39 is 6.09 Å². The van der Waals surface area contributed by atoms with E-state index in [1.165, 1.54) is 4.68 Å². The third kappa shape index (κ3) is 2.57. The van der Waals surface area contributed by atoms with Crippen LogP contribution in [-0.4, -0.2) is 27.5 Å². The Balaban J connectivity index is 2.20. The van der Waals surface area contributed by atoms with E-state index in [9.17, 15) is 4.79 Å². The molecule has 0 spiro atoms. The minimum absolute atomic E-state index is 0.106. The fourth-order valence-electron chi connectivity index (χ4n) is 1.39. The highest BCUT2D eigenvalue weighted by atomic mass is 16.5. The molecular weight excluding hydrogens is 234 g/mol. The molecule has 0 bridgehead atoms. The fourth-order valence-corrected chi connectivity index (χ4v) is 1.39. The number of para-hydroxylation sites is 1. The lowest BCUT2D eigenvalue weighted by atomic mass is 10.3. The maximum atomic E-state index is 11.2. The van der Waals surface area contributed by atoms with E-state index in [4.69, 9.17) is 10.5 Å². The van der Waals surface area contributed by atoms with Crippen molar-refractivity contribution >= 4 is 18.0 Å². The number of nitrogens with zero attached hydrogens (tertiary/aromatic N) is 3. The quantitative estimate of drug-likeness (QED) is 0.855. The lowest BCUT2D eigenvalue weighted by molar-refractivity contribution is 0.167. The summed E-state index contributed by atoms with van der Waals surface area (Å²) in [5.74, 6) is 0.294. The van der Waals surface area contributed by atoms with Gasteiger partial charge in [-0.05, 0) is 19.1 Å². The molecule has 1 amide bonds. The number of nitrogen functional groups attached to an aromatic ring is 1. The first-order valence-corrected chi connectivity index (χ1v) is 5.42. The van der Waals surface area contributed by atoms with Gasteiger partial charge < -0.3 is 10.5 Å². The average molecular weight is 247 g/mol. The SMILES string of the molecule is CCOC(=O)Nc1nc(N)n(-c2ccccc2)n1. The average Bonchev–Trinajstić information content (AvgIpc) is 2.71. The first-order valence-electron chi connectivity index (χ1n) is 5.42. The van der Waals surface area contributed by atoms with Gasteiger partial charge in [-0.25, -0.2) is 4.79 Å². The summed E-state index contributed by atoms with van der Waals surface area (Å²) in [6.07, 6.45) is -0.609. The van der Waals surface area contributed by atoms with E-state index in [0.29, 0.717) is 0 Å². The number of carbonyl (C=O) groups excluding carboxylic acids is 1. The number of benzene rings is 1. The molecule has 1 aromatic carbocycles. The van der Waals surface area contributed by atoms with Crippen molar-refractivity contribution in [1.29, 1.82) is 0 Å². The maximum absolute atomic E-state index is 11.2. The molecule has 0 aliphatic carbocycles. The molecule has 7 nitrogen and oxygen atoms in total. The number of anilines is 2. The van der Waals surface area contributed by atoms with Crippen LogP contribution in [0.5, 0.6) is 0 Å². The number of ether oxygens (including phenoxy) is 1. The second kappa shape index (κ2) is 5.17. The topological polar surface area (TPSA) is 95.1 Å². The van der Waals surface area contributed by atoms with Crippen molar-refractivity contribution in [3.63, 3.8) is 0 Å². The predicted molar refractivity (Wildman–Crippen MR) is 66.4 cm³/mol. The largest absolute Gasteiger partial charge is 0.450 e. The molecule has 0 aliphatic heterocycles. The van der Waals surface area contributed by atoms with E-state index in [1.54, 1.807) is 6.92 Å². The molecule has 3 N–H and O–H groups in total. The van der Waals surface area contributed by atoms with Crippen molar-refractivity contribution in [2.75, 3.05) is 17.7 Å². The van der Waals surface area contributed by atoms with Crippen LogP contribution in [-0.2, 0) is 4.74 Å². The highest BCUT2D eigenvalue weighted by Crippen LogP contribution is 2.13. The Labute approximate surface area is 104 Å². The first-order chi connectivity index (χ1) is 8.70. The van der Waals surface area contributed by atoms with Gasteiger partial charge in [-0.15, -0.1) is 5.10 Å². The van der Waals surface area contributed by atoms with Gasteiger partial charge in [0.25, 0.3) is 5.95 Å². The summed E-state index contributed by atoms with van der Waals surface area (Å²) in [6.45, 7) is 1.99. The standard InChI is InChI=1S/C11H13N5O2/c1-2-18-11(17)14-10-13-9(12)16(15-10)8-6-4-3-5-7-8/h3-7H,2H2,1H3,(H3,12,13,14,15,17). The zero-order chi connectivity index (χ0) is 13.0. The molecule has 0 aliphatic rings. The summed E-state index contributed by atoms with van der Waals surface area (Å²) in [5.41, 5.74) is 6.48. The molecule has 0 saturated carbocycles. The van der Waals surface area contributed by atoms with Gasteiger partial charge in [0.1, 0.15) is 0 Å². The van der Waals surface area contributed by atoms with E-state index in [0.717, 1.165) is 5.69 Å². The molecule has 0 atom stereocenters. The van der Waals surface area contributed by atoms with E-state index in [1.807, 2.05) is 30.3 Å². The van der Waals surface area contributed by atoms with Gasteiger partial charge in [0.15, 0.2) is 0 Å². The number of hydrogen-bond acceptors (Lipinski definition) is 5. The number of hydrogen-bond donors (Lipinski definition) is 2. The summed E-state index contributed by atoms with van der Waals surface area (Å²) in [6, 6.07) is 9.26. The molecule has 1 heterocycles. The molecule has 0 unspecified atom stereocenters. The molecule has 94 valence electrons. The summed E-state index contributed by atoms with van der Waals surface area (Å²) < 4.78 is 6.15. The third-order valence-corrected chi connectivity index (χ3v) is 2.12. The number of nitrogens with one attached hydrogen (secondary N) is 1. The van der Waals surface area contributed by atoms with Crippen LogP contribution >= 0.6 is 0 Å². The zero-order valence-electron chi connectivity index (χ0n) is 9.83. The van der Waals surface area contributed by atoms with Crippen molar-refractivity contribution in [2.45, 2.75) is 6.92 Å². The number of amides is 1. The van der Waals surface area contributed by atoms with Gasteiger partial charge in [-0.3, -0.25) is 5.32 Å². The van der Waals surface area contributed by atoms with Crippen LogP contribution in [0.4, 0.5) is 16.7 Å². The van der Waals surface area contributed by atoms with Crippen LogP contribution < -0.4 is 11.1 Å². The van der Waals surface area contributed by atoms with Crippen molar-refractivity contribution in [1.82, 2.24) is 14.8 Å². The maximum Gasteiger partial charge on any atom is 0.414 e. The van der Waals surface area contributed by atoms with Crippen LogP contribution in [0.3, 0.4) is 0 Å². The molecule has 18 heavy (non-hydrogen) atoms. The van der Waals surface area contributed by atoms with Gasteiger partial charge in [-0.1, -0.05) is 18.2 Å². The van der Waals surface area contributed by atoms with Crippen LogP contribution in [0.15, 0.2) is 30.3 Å². The summed E-state index contributed by atoms with van der Waals surface area (Å²) in [4.78, 5) is 15.1. The Morgan fingerprint density at radius 2 is 2.17 bits per heavy atom. The lowest BCUT2D eigenvalue weighted by Crippen LogP contribution is -2.14. The van der Waals surface area contributed by atoms with E-state index in [2.05, 4.69) is 15.4 Å². The third-order valence-electron chi connectivity index (χ3n) is 2.12. The monoisotopic (exact) mass is 247 g/mol. The fraction of sp³-hybridized carbons (Fsp3) is 0.182. The van der Waals surface area contributed by atoms with E-state index in [-0.39, 0.29) is 18.5 Å². The molecule has 0 fully saturated rings. The van der Waals surface area contributed by atoms with Gasteiger partial charge in [0, 0.05) is 0 Å². The highest BCUT2D eigenvalue weighted by molar-refractivity contribution is 5.82. The summed E-state index contributed by atoms with van der Waals surface area (Å²) in [7, 11) is 0. The Bertz CT molecular complexity index is 538. The molecule has 0 radical (unpaired) electrons. The van der Waals surface area contributed by atoms with Gasteiger partial charge in [0.2, 0.25) is 5.95 Å². The minimum atomic E-state index is -0.609. The molecule has 1 aromatic heterocycles. The van der Waals surface area contributed by atoms with Crippen LogP contribution in [0, 0.1) is 0 Å². The highest BCUT2D eigenvalue weighted by Gasteiger charge is 2.11. The van der Waals surface area contributed by atoms with Gasteiger partial charge in [-0.2, -0.15) is 9.67 Å². The predicted octanol–water partition coefficient (Wildman–Crippen LogP) is 1.42. The van der Waals surface area contributed by atoms with Crippen LogP contribution in [0.1, 0.15) is 6.92 Å². The van der Waals surface area contributed by atoms with Crippen LogP contribution in [0.25, 0.3) is 5.69 Å². The van der Waals surface area contributed by atoms with Crippen molar-refractivity contribution in [3.05, 3.63) is 30.3 Å². The van der Waals surface area contributed by atoms with E-state index >= 15 is 0 Å². The molecule has 0 saturated heterocycles. The number of nitrogens with two attached hydrogens (primary N) is 1. The Kier molecular flexibility index (Phi) is 3.42. The van der Waals surface area contributed by atoms with Crippen molar-refractivity contribution in [2.24, 2.45) is 0 Å². The second-order valence-corrected chi connectivity index (χ2v) is 3.39. The van der Waals surface area contributed by atoms with Gasteiger partial charge in [0.05, 0.1) is 12.3 Å².